The van der Waals surface area contributed by atoms with Gasteiger partial charge in [-0.2, -0.15) is 0 Å². The highest BCUT2D eigenvalue weighted by atomic mass is 32.2. The Morgan fingerprint density at radius 2 is 1.52 bits per heavy atom. The van der Waals surface area contributed by atoms with Gasteiger partial charge in [0.25, 0.3) is 5.91 Å². The molecule has 2 aromatic heterocycles. The van der Waals surface area contributed by atoms with E-state index in [1.54, 1.807) is 61.6 Å². The van der Waals surface area contributed by atoms with Gasteiger partial charge in [-0.15, -0.1) is 0 Å². The summed E-state index contributed by atoms with van der Waals surface area (Å²) in [4.78, 5) is 15.0. The van der Waals surface area contributed by atoms with Crippen LogP contribution < -0.4 is 0 Å². The number of nitrogens with zero attached hydrogens (tertiary/aromatic N) is 2. The summed E-state index contributed by atoms with van der Waals surface area (Å²) in [6, 6.07) is 10.2. The minimum absolute atomic E-state index is 0.127. The second-order valence-electron chi connectivity index (χ2n) is 7.02. The van der Waals surface area contributed by atoms with Gasteiger partial charge in [0.1, 0.15) is 11.5 Å². The second-order valence-corrected chi connectivity index (χ2v) is 9.14. The zero-order valence-electron chi connectivity index (χ0n) is 16.9. The maximum Gasteiger partial charge on any atom is 0.254 e. The molecule has 0 aliphatic heterocycles. The number of aryl methyl sites for hydroxylation is 1. The summed E-state index contributed by atoms with van der Waals surface area (Å²) in [6.45, 7) is 4.00. The van der Waals surface area contributed by atoms with Gasteiger partial charge in [0.15, 0.2) is 0 Å². The Morgan fingerprint density at radius 1 is 0.966 bits per heavy atom. The van der Waals surface area contributed by atoms with Crippen LogP contribution in [0.4, 0.5) is 0 Å². The molecule has 0 radical (unpaired) electrons. The van der Waals surface area contributed by atoms with Crippen molar-refractivity contribution in [2.75, 3.05) is 14.1 Å². The van der Waals surface area contributed by atoms with Gasteiger partial charge in [0.2, 0.25) is 10.0 Å². The SMILES string of the molecule is Cc1cc(C(=O)N(Cc2ccco2)Cc2ccco2)cc(S(=O)(=O)N(C)C)c1C. The molecule has 1 amide bonds. The van der Waals surface area contributed by atoms with Crippen LogP contribution in [0.1, 0.15) is 33.0 Å². The Kier molecular flexibility index (Phi) is 5.95. The molecule has 154 valence electrons. The van der Waals surface area contributed by atoms with Gasteiger partial charge in [-0.1, -0.05) is 0 Å². The quantitative estimate of drug-likeness (QED) is 0.588. The maximum absolute atomic E-state index is 13.3. The topological polar surface area (TPSA) is 84.0 Å². The molecular formula is C21H24N2O5S. The van der Waals surface area contributed by atoms with Crippen molar-refractivity contribution in [3.8, 4) is 0 Å². The highest BCUT2D eigenvalue weighted by Gasteiger charge is 2.25. The van der Waals surface area contributed by atoms with Crippen molar-refractivity contribution in [3.63, 3.8) is 0 Å². The van der Waals surface area contributed by atoms with Gasteiger partial charge in [0, 0.05) is 19.7 Å². The number of furan rings is 2. The fourth-order valence-electron chi connectivity index (χ4n) is 2.98. The summed E-state index contributed by atoms with van der Waals surface area (Å²) in [7, 11) is -0.744. The molecular weight excluding hydrogens is 392 g/mol. The van der Waals surface area contributed by atoms with E-state index in [1.807, 2.05) is 0 Å². The van der Waals surface area contributed by atoms with Crippen LogP contribution in [0.25, 0.3) is 0 Å². The van der Waals surface area contributed by atoms with Crippen LogP contribution in [0, 0.1) is 13.8 Å². The molecule has 7 nitrogen and oxygen atoms in total. The van der Waals surface area contributed by atoms with E-state index in [4.69, 9.17) is 8.83 Å². The van der Waals surface area contributed by atoms with Gasteiger partial charge < -0.3 is 13.7 Å². The van der Waals surface area contributed by atoms with Crippen LogP contribution >= 0.6 is 0 Å². The smallest absolute Gasteiger partial charge is 0.254 e. The van der Waals surface area contributed by atoms with Gasteiger partial charge >= 0.3 is 0 Å². The highest BCUT2D eigenvalue weighted by molar-refractivity contribution is 7.89. The third-order valence-corrected chi connectivity index (χ3v) is 6.71. The fraction of sp³-hybridized carbons (Fsp3) is 0.286. The van der Waals surface area contributed by atoms with Crippen molar-refractivity contribution < 1.29 is 22.0 Å². The summed E-state index contributed by atoms with van der Waals surface area (Å²) in [5.41, 5.74) is 1.65. The normalized spacial score (nSPS) is 11.8. The van der Waals surface area contributed by atoms with Crippen LogP contribution in [-0.2, 0) is 23.1 Å². The maximum atomic E-state index is 13.3. The molecule has 1 aromatic carbocycles. The van der Waals surface area contributed by atoms with E-state index >= 15 is 0 Å². The standard InChI is InChI=1S/C21H24N2O5S/c1-15-11-17(12-20(16(15)2)29(25,26)22(3)4)21(24)23(13-18-7-5-9-27-18)14-19-8-6-10-28-19/h5-12H,13-14H2,1-4H3. The van der Waals surface area contributed by atoms with Gasteiger partial charge in [-0.25, -0.2) is 12.7 Å². The number of amides is 1. The van der Waals surface area contributed by atoms with Crippen molar-refractivity contribution in [1.82, 2.24) is 9.21 Å². The Bertz CT molecular complexity index is 1050. The lowest BCUT2D eigenvalue weighted by Gasteiger charge is -2.22. The van der Waals surface area contributed by atoms with E-state index < -0.39 is 10.0 Å². The molecule has 0 N–H and O–H groups in total. The zero-order chi connectivity index (χ0) is 21.2. The van der Waals surface area contributed by atoms with Crippen molar-refractivity contribution >= 4 is 15.9 Å². The molecule has 29 heavy (non-hydrogen) atoms. The average Bonchev–Trinajstić information content (AvgIpc) is 3.36. The van der Waals surface area contributed by atoms with Crippen LogP contribution in [0.15, 0.2) is 62.7 Å². The van der Waals surface area contributed by atoms with Crippen molar-refractivity contribution in [2.45, 2.75) is 31.8 Å². The van der Waals surface area contributed by atoms with E-state index in [1.165, 1.54) is 20.2 Å². The van der Waals surface area contributed by atoms with Crippen molar-refractivity contribution in [2.24, 2.45) is 0 Å². The van der Waals surface area contributed by atoms with E-state index in [2.05, 4.69) is 0 Å². The van der Waals surface area contributed by atoms with Crippen LogP contribution in [0.5, 0.6) is 0 Å². The number of carbonyl (C=O) groups is 1. The van der Waals surface area contributed by atoms with Gasteiger partial charge in [-0.05, 0) is 61.4 Å². The third-order valence-electron chi connectivity index (χ3n) is 4.77. The monoisotopic (exact) mass is 416 g/mol. The molecule has 8 heteroatoms. The molecule has 3 rings (SSSR count). The lowest BCUT2D eigenvalue weighted by molar-refractivity contribution is 0.0704. The van der Waals surface area contributed by atoms with E-state index in [0.29, 0.717) is 22.6 Å². The summed E-state index contributed by atoms with van der Waals surface area (Å²) in [5, 5.41) is 0. The number of benzene rings is 1. The molecule has 0 saturated carbocycles. The number of hydrogen-bond donors (Lipinski definition) is 0. The Balaban J connectivity index is 2.01. The first-order valence-electron chi connectivity index (χ1n) is 9.08. The predicted molar refractivity (Wildman–Crippen MR) is 108 cm³/mol. The first-order valence-corrected chi connectivity index (χ1v) is 10.5. The van der Waals surface area contributed by atoms with Crippen molar-refractivity contribution in [1.29, 1.82) is 0 Å². The zero-order valence-corrected chi connectivity index (χ0v) is 17.7. The Labute approximate surface area is 170 Å². The number of hydrogen-bond acceptors (Lipinski definition) is 5. The number of sulfonamides is 1. The minimum Gasteiger partial charge on any atom is -0.467 e. The van der Waals surface area contributed by atoms with E-state index in [-0.39, 0.29) is 23.9 Å². The molecule has 0 bridgehead atoms. The number of carbonyl (C=O) groups excluding carboxylic acids is 1. The summed E-state index contributed by atoms with van der Waals surface area (Å²) in [5.74, 6) is 0.931. The fourth-order valence-corrected chi connectivity index (χ4v) is 4.20. The molecule has 0 saturated heterocycles. The minimum atomic E-state index is -3.69. The second kappa shape index (κ2) is 8.26. The van der Waals surface area contributed by atoms with E-state index in [0.717, 1.165) is 9.87 Å². The molecule has 0 spiro atoms. The first-order chi connectivity index (χ1) is 13.7. The van der Waals surface area contributed by atoms with Crippen LogP contribution in [0.3, 0.4) is 0 Å². The van der Waals surface area contributed by atoms with Crippen LogP contribution in [-0.4, -0.2) is 37.6 Å². The van der Waals surface area contributed by atoms with Gasteiger partial charge in [-0.3, -0.25) is 4.79 Å². The number of rotatable bonds is 7. The summed E-state index contributed by atoms with van der Waals surface area (Å²) >= 11 is 0. The average molecular weight is 416 g/mol. The molecule has 3 aromatic rings. The predicted octanol–water partition coefficient (Wildman–Crippen LogP) is 3.58. The summed E-state index contributed by atoms with van der Waals surface area (Å²) in [6.07, 6.45) is 3.09. The Hall–Kier alpha value is -2.84. The largest absolute Gasteiger partial charge is 0.467 e. The lowest BCUT2D eigenvalue weighted by atomic mass is 10.1. The Morgan fingerprint density at radius 3 is 1.97 bits per heavy atom. The molecule has 0 aliphatic carbocycles. The first kappa shape index (κ1) is 20.9. The summed E-state index contributed by atoms with van der Waals surface area (Å²) < 4.78 is 37.4. The lowest BCUT2D eigenvalue weighted by Crippen LogP contribution is -2.30. The third kappa shape index (κ3) is 4.44. The molecule has 0 unspecified atom stereocenters. The highest BCUT2D eigenvalue weighted by Crippen LogP contribution is 2.25. The van der Waals surface area contributed by atoms with Crippen LogP contribution in [0.2, 0.25) is 0 Å². The van der Waals surface area contributed by atoms with Crippen molar-refractivity contribution in [3.05, 3.63) is 77.1 Å². The molecule has 0 atom stereocenters. The molecule has 0 aliphatic rings. The van der Waals surface area contributed by atoms with Gasteiger partial charge in [0.05, 0.1) is 30.5 Å². The molecule has 0 fully saturated rings. The molecule has 2 heterocycles. The van der Waals surface area contributed by atoms with E-state index in [9.17, 15) is 13.2 Å².